The van der Waals surface area contributed by atoms with Gasteiger partial charge in [-0.05, 0) is 57.4 Å². The molecule has 0 radical (unpaired) electrons. The molecule has 0 amide bonds. The summed E-state index contributed by atoms with van der Waals surface area (Å²) in [5, 5.41) is 0. The maximum atomic E-state index is 12.4. The second-order valence-electron chi connectivity index (χ2n) is 5.25. The van der Waals surface area contributed by atoms with Crippen molar-refractivity contribution in [3.05, 3.63) is 48.4 Å². The molecule has 6 nitrogen and oxygen atoms in total. The summed E-state index contributed by atoms with van der Waals surface area (Å²) in [4.78, 5) is 2.11. The van der Waals surface area contributed by atoms with E-state index in [1.807, 2.05) is 32.0 Å². The second kappa shape index (κ2) is 7.63. The van der Waals surface area contributed by atoms with Crippen LogP contribution in [0, 0.1) is 0 Å². The fourth-order valence-electron chi connectivity index (χ4n) is 2.17. The molecule has 126 valence electrons. The van der Waals surface area contributed by atoms with Gasteiger partial charge in [-0.1, -0.05) is 0 Å². The van der Waals surface area contributed by atoms with Crippen LogP contribution in [0.3, 0.4) is 0 Å². The second-order valence-corrected chi connectivity index (χ2v) is 7.02. The molecule has 0 saturated carbocycles. The number of furan rings is 1. The van der Waals surface area contributed by atoms with Crippen LogP contribution in [0.15, 0.2) is 52.0 Å². The Morgan fingerprint density at radius 2 is 1.91 bits per heavy atom. The van der Waals surface area contributed by atoms with E-state index in [1.165, 1.54) is 12.1 Å². The first kappa shape index (κ1) is 17.5. The quantitative estimate of drug-likeness (QED) is 0.799. The topological polar surface area (TPSA) is 71.8 Å². The number of ether oxygens (including phenoxy) is 1. The molecule has 1 aromatic heterocycles. The number of likely N-dealkylation sites (N-methyl/N-ethyl adjacent to an activating group) is 1. The Labute approximate surface area is 137 Å². The molecule has 0 fully saturated rings. The zero-order chi connectivity index (χ0) is 16.9. The first-order chi connectivity index (χ1) is 10.9. The van der Waals surface area contributed by atoms with Crippen molar-refractivity contribution in [1.29, 1.82) is 0 Å². The van der Waals surface area contributed by atoms with Crippen LogP contribution in [0.2, 0.25) is 0 Å². The Kier molecular flexibility index (Phi) is 5.81. The molecule has 1 N–H and O–H groups in total. The number of hydrogen-bond acceptors (Lipinski definition) is 5. The van der Waals surface area contributed by atoms with Gasteiger partial charge in [0.25, 0.3) is 0 Å². The van der Waals surface area contributed by atoms with Crippen LogP contribution in [-0.4, -0.2) is 40.6 Å². The van der Waals surface area contributed by atoms with Crippen LogP contribution in [0.1, 0.15) is 18.7 Å². The molecule has 1 aromatic carbocycles. The molecule has 0 aliphatic heterocycles. The third-order valence-electron chi connectivity index (χ3n) is 3.41. The summed E-state index contributed by atoms with van der Waals surface area (Å²) >= 11 is 0. The lowest BCUT2D eigenvalue weighted by Crippen LogP contribution is -2.34. The third kappa shape index (κ3) is 4.57. The summed E-state index contributed by atoms with van der Waals surface area (Å²) in [7, 11) is 0.161. The summed E-state index contributed by atoms with van der Waals surface area (Å²) < 4.78 is 38.1. The summed E-state index contributed by atoms with van der Waals surface area (Å²) in [5.74, 6) is 1.36. The Morgan fingerprint density at radius 1 is 1.22 bits per heavy atom. The molecule has 1 unspecified atom stereocenters. The van der Waals surface area contributed by atoms with Crippen molar-refractivity contribution < 1.29 is 17.6 Å². The van der Waals surface area contributed by atoms with Gasteiger partial charge in [-0.2, -0.15) is 0 Å². The van der Waals surface area contributed by atoms with Crippen LogP contribution in [0.4, 0.5) is 0 Å². The maximum absolute atomic E-state index is 12.4. The first-order valence-corrected chi connectivity index (χ1v) is 8.84. The lowest BCUT2D eigenvalue weighted by molar-refractivity contribution is 0.259. The molecule has 0 bridgehead atoms. The van der Waals surface area contributed by atoms with Crippen molar-refractivity contribution in [2.24, 2.45) is 0 Å². The summed E-state index contributed by atoms with van der Waals surface area (Å²) in [6.45, 7) is 2.64. The van der Waals surface area contributed by atoms with E-state index in [1.54, 1.807) is 24.5 Å². The molecule has 0 aliphatic rings. The van der Waals surface area contributed by atoms with E-state index in [9.17, 15) is 8.42 Å². The summed E-state index contributed by atoms with van der Waals surface area (Å²) in [5.41, 5.74) is 0. The van der Waals surface area contributed by atoms with Crippen LogP contribution in [0.25, 0.3) is 0 Å². The minimum absolute atomic E-state index is 0.178. The number of nitrogens with one attached hydrogen (secondary N) is 1. The molecule has 23 heavy (non-hydrogen) atoms. The zero-order valence-electron chi connectivity index (χ0n) is 13.5. The molecule has 2 aromatic rings. The molecule has 0 aliphatic carbocycles. The number of nitrogens with zero attached hydrogens (tertiary/aromatic N) is 1. The molecule has 0 saturated heterocycles. The molecule has 1 heterocycles. The van der Waals surface area contributed by atoms with Gasteiger partial charge < -0.3 is 9.15 Å². The van der Waals surface area contributed by atoms with Gasteiger partial charge in [0, 0.05) is 6.54 Å². The van der Waals surface area contributed by atoms with Gasteiger partial charge in [0.15, 0.2) is 0 Å². The normalized spacial score (nSPS) is 13.2. The van der Waals surface area contributed by atoms with E-state index in [2.05, 4.69) is 4.72 Å². The Morgan fingerprint density at radius 3 is 2.43 bits per heavy atom. The summed E-state index contributed by atoms with van der Waals surface area (Å²) in [6, 6.07) is 9.79. The van der Waals surface area contributed by atoms with Crippen LogP contribution in [0.5, 0.6) is 5.75 Å². The molecular weight excluding hydrogens is 316 g/mol. The van der Waals surface area contributed by atoms with E-state index in [-0.39, 0.29) is 17.5 Å². The molecule has 1 atom stereocenters. The predicted molar refractivity (Wildman–Crippen MR) is 87.9 cm³/mol. The Balaban J connectivity index is 2.08. The Hall–Kier alpha value is -1.83. The smallest absolute Gasteiger partial charge is 0.240 e. The maximum Gasteiger partial charge on any atom is 0.240 e. The van der Waals surface area contributed by atoms with Crippen molar-refractivity contribution >= 4 is 10.0 Å². The lowest BCUT2D eigenvalue weighted by Gasteiger charge is -2.22. The molecular formula is C16H22N2O4S. The highest BCUT2D eigenvalue weighted by molar-refractivity contribution is 7.89. The van der Waals surface area contributed by atoms with E-state index < -0.39 is 10.0 Å². The van der Waals surface area contributed by atoms with Crippen LogP contribution < -0.4 is 9.46 Å². The van der Waals surface area contributed by atoms with Gasteiger partial charge in [-0.15, -0.1) is 0 Å². The average molecular weight is 338 g/mol. The highest BCUT2D eigenvalue weighted by Gasteiger charge is 2.21. The number of hydrogen-bond donors (Lipinski definition) is 1. The SMILES string of the molecule is CCOc1ccc(S(=O)(=O)NCC(c2ccco2)N(C)C)cc1. The monoisotopic (exact) mass is 338 g/mol. The highest BCUT2D eigenvalue weighted by atomic mass is 32.2. The molecule has 0 spiro atoms. The van der Waals surface area contributed by atoms with E-state index >= 15 is 0 Å². The molecule has 2 rings (SSSR count). The predicted octanol–water partition coefficient (Wildman–Crippen LogP) is 2.26. The van der Waals surface area contributed by atoms with Crippen molar-refractivity contribution in [1.82, 2.24) is 9.62 Å². The van der Waals surface area contributed by atoms with Crippen LogP contribution in [-0.2, 0) is 10.0 Å². The summed E-state index contributed by atoms with van der Waals surface area (Å²) in [6.07, 6.45) is 1.58. The fourth-order valence-corrected chi connectivity index (χ4v) is 3.21. The van der Waals surface area contributed by atoms with Gasteiger partial charge in [0.1, 0.15) is 11.5 Å². The van der Waals surface area contributed by atoms with Crippen molar-refractivity contribution in [3.8, 4) is 5.75 Å². The number of benzene rings is 1. The largest absolute Gasteiger partial charge is 0.494 e. The van der Waals surface area contributed by atoms with Crippen molar-refractivity contribution in [2.75, 3.05) is 27.2 Å². The van der Waals surface area contributed by atoms with Gasteiger partial charge in [-0.3, -0.25) is 4.90 Å². The standard InChI is InChI=1S/C16H22N2O4S/c1-4-21-13-7-9-14(10-8-13)23(19,20)17-12-15(18(2)3)16-6-5-11-22-16/h5-11,15,17H,4,12H2,1-3H3. The van der Waals surface area contributed by atoms with Crippen LogP contribution >= 0.6 is 0 Å². The molecule has 7 heteroatoms. The van der Waals surface area contributed by atoms with E-state index in [4.69, 9.17) is 9.15 Å². The number of rotatable bonds is 8. The van der Waals surface area contributed by atoms with E-state index in [0.29, 0.717) is 18.1 Å². The first-order valence-electron chi connectivity index (χ1n) is 7.36. The van der Waals surface area contributed by atoms with Gasteiger partial charge in [-0.25, -0.2) is 13.1 Å². The minimum Gasteiger partial charge on any atom is -0.494 e. The van der Waals surface area contributed by atoms with E-state index in [0.717, 1.165) is 0 Å². The third-order valence-corrected chi connectivity index (χ3v) is 4.85. The van der Waals surface area contributed by atoms with Crippen molar-refractivity contribution in [3.63, 3.8) is 0 Å². The number of sulfonamides is 1. The Bertz CT molecular complexity index is 694. The minimum atomic E-state index is -3.59. The van der Waals surface area contributed by atoms with Crippen molar-refractivity contribution in [2.45, 2.75) is 17.9 Å². The fraction of sp³-hybridized carbons (Fsp3) is 0.375. The highest BCUT2D eigenvalue weighted by Crippen LogP contribution is 2.20. The average Bonchev–Trinajstić information content (AvgIpc) is 3.02. The lowest BCUT2D eigenvalue weighted by atomic mass is 10.2. The van der Waals surface area contributed by atoms with Gasteiger partial charge >= 0.3 is 0 Å². The zero-order valence-corrected chi connectivity index (χ0v) is 14.3. The van der Waals surface area contributed by atoms with Gasteiger partial charge in [0.05, 0.1) is 23.8 Å². The van der Waals surface area contributed by atoms with Gasteiger partial charge in [0.2, 0.25) is 10.0 Å².